The van der Waals surface area contributed by atoms with Gasteiger partial charge in [0.25, 0.3) is 5.91 Å². The highest BCUT2D eigenvalue weighted by atomic mass is 16.6. The smallest absolute Gasteiger partial charge is 0.405 e. The molecule has 0 fully saturated rings. The Balaban J connectivity index is 2.67. The molecule has 7 N–H and O–H groups in total. The molecule has 1 aromatic rings. The summed E-state index contributed by atoms with van der Waals surface area (Å²) in [6, 6.07) is 1.28. The number of amides is 2. The number of hydrogen-bond donors (Lipinski definition) is 6. The van der Waals surface area contributed by atoms with Crippen LogP contribution in [0.4, 0.5) is 16.2 Å². The number of aliphatic hydroxyl groups is 1. The first-order chi connectivity index (χ1) is 19.8. The van der Waals surface area contributed by atoms with Crippen molar-refractivity contribution in [3.63, 3.8) is 0 Å². The zero-order chi connectivity index (χ0) is 31.6. The van der Waals surface area contributed by atoms with Gasteiger partial charge in [0.15, 0.2) is 6.10 Å². The van der Waals surface area contributed by atoms with E-state index < -0.39 is 42.3 Å². The van der Waals surface area contributed by atoms with Crippen LogP contribution in [0.25, 0.3) is 0 Å². The van der Waals surface area contributed by atoms with E-state index in [9.17, 15) is 24.9 Å². The van der Waals surface area contributed by atoms with Gasteiger partial charge in [0.05, 0.1) is 23.6 Å². The number of anilines is 2. The van der Waals surface area contributed by atoms with Gasteiger partial charge in [-0.05, 0) is 38.2 Å². The molecule has 1 heterocycles. The second-order valence-corrected chi connectivity index (χ2v) is 10.6. The number of aromatic hydroxyl groups is 2. The number of nitrogens with two attached hydrogens (primary N) is 1. The number of methoxy groups -OCH3 is 2. The Hall–Kier alpha value is -3.80. The monoisotopic (exact) mass is 587 g/mol. The second-order valence-electron chi connectivity index (χ2n) is 10.6. The molecule has 2 bridgehead atoms. The molecule has 0 unspecified atom stereocenters. The fourth-order valence-electron chi connectivity index (χ4n) is 4.98. The molecular formula is C31H45N3O8. The molecule has 11 nitrogen and oxygen atoms in total. The van der Waals surface area contributed by atoms with Crippen molar-refractivity contribution < 1.29 is 39.1 Å². The van der Waals surface area contributed by atoms with Gasteiger partial charge in [-0.1, -0.05) is 44.2 Å². The zero-order valence-corrected chi connectivity index (χ0v) is 25.2. The number of fused-ring (bicyclic) bond motifs is 2. The van der Waals surface area contributed by atoms with E-state index in [0.29, 0.717) is 41.8 Å². The predicted molar refractivity (Wildman–Crippen MR) is 162 cm³/mol. The van der Waals surface area contributed by atoms with Crippen molar-refractivity contribution in [2.24, 2.45) is 17.6 Å². The van der Waals surface area contributed by atoms with Gasteiger partial charge >= 0.3 is 6.09 Å². The Bertz CT molecular complexity index is 1210. The number of aliphatic hydroxyl groups excluding tert-OH is 1. The predicted octanol–water partition coefficient (Wildman–Crippen LogP) is 4.16. The lowest BCUT2D eigenvalue weighted by atomic mass is 9.87. The van der Waals surface area contributed by atoms with Crippen LogP contribution in [0.1, 0.15) is 39.7 Å². The average molecular weight is 588 g/mol. The molecule has 0 saturated heterocycles. The maximum absolute atomic E-state index is 13.0. The minimum absolute atomic E-state index is 0.0416. The van der Waals surface area contributed by atoms with Gasteiger partial charge in [-0.25, -0.2) is 4.79 Å². The van der Waals surface area contributed by atoms with E-state index in [0.717, 1.165) is 0 Å². The molecule has 0 aromatic heterocycles. The van der Waals surface area contributed by atoms with Crippen molar-refractivity contribution in [3.05, 3.63) is 59.7 Å². The minimum atomic E-state index is -0.990. The molecule has 6 atom stereocenters. The van der Waals surface area contributed by atoms with E-state index in [-0.39, 0.29) is 23.1 Å². The number of phenolic OH excluding ortho intramolecular Hbond substituents is 2. The van der Waals surface area contributed by atoms with Gasteiger partial charge in [0.1, 0.15) is 17.6 Å². The fourth-order valence-corrected chi connectivity index (χ4v) is 4.98. The van der Waals surface area contributed by atoms with Crippen molar-refractivity contribution in [3.8, 4) is 11.5 Å². The number of ether oxygens (including phenoxy) is 3. The molecule has 0 radical (unpaired) electrons. The molecule has 11 heteroatoms. The van der Waals surface area contributed by atoms with Gasteiger partial charge < -0.3 is 45.9 Å². The van der Waals surface area contributed by atoms with E-state index in [1.54, 1.807) is 38.2 Å². The summed E-state index contributed by atoms with van der Waals surface area (Å²) >= 11 is 0. The summed E-state index contributed by atoms with van der Waals surface area (Å²) in [7, 11) is 2.95. The Morgan fingerprint density at radius 2 is 1.93 bits per heavy atom. The number of carbonyl (C=O) groups is 2. The summed E-state index contributed by atoms with van der Waals surface area (Å²) in [5.41, 5.74) is 7.01. The number of carbonyl (C=O) groups excluding carboxylic acids is 2. The fraction of sp³-hybridized carbons (Fsp3) is 0.484. The minimum Gasteiger partial charge on any atom is -0.506 e. The van der Waals surface area contributed by atoms with Gasteiger partial charge in [-0.2, -0.15) is 0 Å². The lowest BCUT2D eigenvalue weighted by Gasteiger charge is -2.29. The number of phenols is 2. The second kappa shape index (κ2) is 16.0. The lowest BCUT2D eigenvalue weighted by Crippen LogP contribution is -2.37. The first kappa shape index (κ1) is 34.4. The molecule has 1 aliphatic rings. The number of allylic oxidation sites excluding steroid dienone is 2. The lowest BCUT2D eigenvalue weighted by molar-refractivity contribution is -0.112. The maximum atomic E-state index is 13.0. The largest absolute Gasteiger partial charge is 0.506 e. The van der Waals surface area contributed by atoms with Crippen molar-refractivity contribution in [2.75, 3.05) is 31.4 Å². The van der Waals surface area contributed by atoms with Crippen molar-refractivity contribution in [2.45, 2.75) is 65.0 Å². The number of benzene rings is 1. The van der Waals surface area contributed by atoms with Crippen LogP contribution in [-0.2, 0) is 25.4 Å². The van der Waals surface area contributed by atoms with Crippen LogP contribution >= 0.6 is 0 Å². The molecule has 1 aromatic carbocycles. The zero-order valence-electron chi connectivity index (χ0n) is 25.2. The van der Waals surface area contributed by atoms with Gasteiger partial charge in [0, 0.05) is 43.9 Å². The van der Waals surface area contributed by atoms with Crippen LogP contribution in [-0.4, -0.2) is 72.5 Å². The van der Waals surface area contributed by atoms with Crippen LogP contribution in [0.5, 0.6) is 11.5 Å². The molecule has 2 rings (SSSR count). The van der Waals surface area contributed by atoms with Crippen molar-refractivity contribution >= 4 is 23.4 Å². The molecule has 1 aliphatic heterocycles. The summed E-state index contributed by atoms with van der Waals surface area (Å²) in [6.07, 6.45) is 4.64. The van der Waals surface area contributed by atoms with E-state index in [2.05, 4.69) is 17.2 Å². The highest BCUT2D eigenvalue weighted by Crippen LogP contribution is 2.42. The highest BCUT2D eigenvalue weighted by molar-refractivity contribution is 6.04. The quantitative estimate of drug-likeness (QED) is 0.162. The molecule has 42 heavy (non-hydrogen) atoms. The third-order valence-corrected chi connectivity index (χ3v) is 7.25. The van der Waals surface area contributed by atoms with Gasteiger partial charge in [0.2, 0.25) is 0 Å². The topological polar surface area (TPSA) is 173 Å². The average Bonchev–Trinajstić information content (AvgIpc) is 2.94. The summed E-state index contributed by atoms with van der Waals surface area (Å²) in [5.74, 6) is -1.41. The van der Waals surface area contributed by atoms with Gasteiger partial charge in [-0.15, -0.1) is 6.58 Å². The van der Waals surface area contributed by atoms with E-state index in [1.165, 1.54) is 26.4 Å². The van der Waals surface area contributed by atoms with E-state index >= 15 is 0 Å². The number of rotatable bonds is 6. The molecule has 2 amide bonds. The molecule has 0 saturated carbocycles. The molecular weight excluding hydrogens is 542 g/mol. The van der Waals surface area contributed by atoms with Crippen LogP contribution in [0.3, 0.4) is 0 Å². The molecule has 232 valence electrons. The van der Waals surface area contributed by atoms with E-state index in [4.69, 9.17) is 19.9 Å². The normalized spacial score (nSPS) is 28.5. The first-order valence-corrected chi connectivity index (χ1v) is 13.8. The van der Waals surface area contributed by atoms with Crippen LogP contribution in [0.15, 0.2) is 54.2 Å². The summed E-state index contributed by atoms with van der Waals surface area (Å²) in [5, 5.41) is 39.1. The summed E-state index contributed by atoms with van der Waals surface area (Å²) in [4.78, 5) is 24.7. The number of nitrogens with one attached hydrogen (secondary N) is 2. The van der Waals surface area contributed by atoms with Crippen molar-refractivity contribution in [1.29, 1.82) is 0 Å². The van der Waals surface area contributed by atoms with Gasteiger partial charge in [-0.3, -0.25) is 4.79 Å². The third kappa shape index (κ3) is 9.10. The summed E-state index contributed by atoms with van der Waals surface area (Å²) < 4.78 is 16.6. The van der Waals surface area contributed by atoms with Crippen LogP contribution < -0.4 is 16.4 Å². The van der Waals surface area contributed by atoms with Crippen LogP contribution in [0, 0.1) is 11.8 Å². The van der Waals surface area contributed by atoms with Crippen molar-refractivity contribution in [1.82, 2.24) is 0 Å². The Kier molecular flexibility index (Phi) is 13.1. The number of hydrogen-bond acceptors (Lipinski definition) is 9. The molecule has 0 aliphatic carbocycles. The SMILES string of the molecule is C=CCNc1c(O)cc2c(O)c1C[C@@H](C)C[C@H](OC)[C@H](O)[C@@H](C)/C=C(\C)[C@H](OC(N)=O)[C@@H](OC)C=C/C=C(\C)C(=O)N2. The van der Waals surface area contributed by atoms with E-state index in [1.807, 2.05) is 13.8 Å². The highest BCUT2D eigenvalue weighted by Gasteiger charge is 2.30. The first-order valence-electron chi connectivity index (χ1n) is 13.8. The Labute approximate surface area is 247 Å². The standard InChI is InChI=1S/C31H45N3O8/c1-8-12-33-26-21-13-17(2)14-25(41-7)27(36)19(4)15-20(5)29(42-31(32)39)24(40-6)11-9-10-18(3)30(38)34-22(28(21)37)16-23(26)35/h8-11,15-17,19,24-25,27,29,33,35-37H,1,12-14H2,2-7H3,(H2,32,39)(H,34,38)/b11-9?,18-10+,20-15+/t17-,19+,24+,25+,27-,29+/m1/s1. The third-order valence-electron chi connectivity index (χ3n) is 7.25. The summed E-state index contributed by atoms with van der Waals surface area (Å²) in [6.45, 7) is 11.1. The molecule has 0 spiro atoms. The number of primary amides is 1. The Morgan fingerprint density at radius 3 is 2.52 bits per heavy atom. The van der Waals surface area contributed by atoms with Crippen LogP contribution in [0.2, 0.25) is 0 Å². The Morgan fingerprint density at radius 1 is 1.24 bits per heavy atom. The maximum Gasteiger partial charge on any atom is 0.405 e.